The highest BCUT2D eigenvalue weighted by Crippen LogP contribution is 2.42. The molecule has 1 aliphatic rings. The number of hydrogen-bond donors (Lipinski definition) is 1. The SMILES string of the molecule is CNCC(=O)OCc1ccccc1C(=O)O[C@@](Cn1cncn1)(c1ccc(F)cc1F)[C@@H](C)SC1COC(C=CC=Cc2ccc(C#N)cc2F)OC1. The molecule has 276 valence electrons. The maximum absolute atomic E-state index is 15.8. The molecule has 1 aliphatic heterocycles. The summed E-state index contributed by atoms with van der Waals surface area (Å²) in [5.74, 6) is -3.63. The second-order valence-corrected chi connectivity index (χ2v) is 13.5. The highest BCUT2D eigenvalue weighted by Gasteiger charge is 2.47. The molecule has 53 heavy (non-hydrogen) atoms. The van der Waals surface area contributed by atoms with Crippen molar-refractivity contribution in [2.24, 2.45) is 0 Å². The van der Waals surface area contributed by atoms with Crippen LogP contribution in [0.4, 0.5) is 13.2 Å². The monoisotopic (exact) mass is 747 g/mol. The van der Waals surface area contributed by atoms with E-state index in [0.717, 1.165) is 18.2 Å². The smallest absolute Gasteiger partial charge is 0.339 e. The minimum absolute atomic E-state index is 0.0317. The standard InChI is InChI=1S/C38H36F3N5O6S/c1-25(53-30-20-50-36(51-21-30)10-6-4-7-27-12-11-26(17-42)15-33(27)40)38(22-46-24-44-23-45-46,32-14-13-29(39)16-34(32)41)52-37(48)31-9-5-3-8-28(31)19-49-35(47)18-43-2/h3-16,23-25,30,36,43H,18-22H2,1-2H3/t25-,30?,36?,38-/m1/s1. The zero-order valence-corrected chi connectivity index (χ0v) is 29.6. The zero-order chi connectivity index (χ0) is 37.8. The van der Waals surface area contributed by atoms with E-state index in [4.69, 9.17) is 24.2 Å². The lowest BCUT2D eigenvalue weighted by molar-refractivity contribution is -0.146. The Balaban J connectivity index is 1.36. The van der Waals surface area contributed by atoms with Gasteiger partial charge in [0.15, 0.2) is 11.9 Å². The van der Waals surface area contributed by atoms with E-state index in [1.54, 1.807) is 56.5 Å². The minimum Gasteiger partial charge on any atom is -0.460 e. The maximum Gasteiger partial charge on any atom is 0.339 e. The number of rotatable bonds is 15. The van der Waals surface area contributed by atoms with Crippen LogP contribution in [0.3, 0.4) is 0 Å². The van der Waals surface area contributed by atoms with Crippen molar-refractivity contribution in [1.82, 2.24) is 20.1 Å². The van der Waals surface area contributed by atoms with Crippen molar-refractivity contribution < 1.29 is 41.7 Å². The number of carbonyl (C=O) groups is 2. The van der Waals surface area contributed by atoms with Gasteiger partial charge in [-0.1, -0.05) is 42.5 Å². The second kappa shape index (κ2) is 18.5. The number of allylic oxidation sites excluding steroid dienone is 2. The average molecular weight is 748 g/mol. The number of ether oxygens (including phenoxy) is 4. The third-order valence-electron chi connectivity index (χ3n) is 8.20. The molecule has 5 rings (SSSR count). The number of hydrogen-bond acceptors (Lipinski definition) is 11. The van der Waals surface area contributed by atoms with Gasteiger partial charge in [-0.25, -0.2) is 27.6 Å². The fourth-order valence-electron chi connectivity index (χ4n) is 5.54. The Labute approximate surface area is 308 Å². The number of nitriles is 1. The van der Waals surface area contributed by atoms with Crippen molar-refractivity contribution >= 4 is 29.8 Å². The largest absolute Gasteiger partial charge is 0.460 e. The van der Waals surface area contributed by atoms with Gasteiger partial charge < -0.3 is 24.3 Å². The normalized spacial score (nSPS) is 17.7. The Morgan fingerprint density at radius 3 is 2.60 bits per heavy atom. The molecule has 1 fully saturated rings. The molecular formula is C38H36F3N5O6S. The Bertz CT molecular complexity index is 1980. The summed E-state index contributed by atoms with van der Waals surface area (Å²) in [4.78, 5) is 30.2. The average Bonchev–Trinajstić information content (AvgIpc) is 3.66. The molecule has 2 atom stereocenters. The Morgan fingerprint density at radius 2 is 1.91 bits per heavy atom. The van der Waals surface area contributed by atoms with Gasteiger partial charge in [-0.15, -0.1) is 11.8 Å². The van der Waals surface area contributed by atoms with Gasteiger partial charge in [-0.2, -0.15) is 10.4 Å². The van der Waals surface area contributed by atoms with Crippen molar-refractivity contribution in [3.8, 4) is 6.07 Å². The van der Waals surface area contributed by atoms with E-state index >= 15 is 4.39 Å². The molecule has 4 aromatic rings. The number of halogens is 3. The quantitative estimate of drug-likeness (QED) is 0.118. The number of nitrogens with zero attached hydrogens (tertiary/aromatic N) is 4. The third-order valence-corrected chi connectivity index (χ3v) is 9.65. The molecule has 3 aromatic carbocycles. The minimum atomic E-state index is -1.79. The van der Waals surface area contributed by atoms with Crippen LogP contribution in [0.25, 0.3) is 6.08 Å². The maximum atomic E-state index is 15.8. The van der Waals surface area contributed by atoms with Crippen LogP contribution >= 0.6 is 11.8 Å². The van der Waals surface area contributed by atoms with Crippen molar-refractivity contribution in [1.29, 1.82) is 5.26 Å². The van der Waals surface area contributed by atoms with E-state index in [-0.39, 0.29) is 54.9 Å². The molecule has 0 radical (unpaired) electrons. The van der Waals surface area contributed by atoms with Crippen LogP contribution in [0.15, 0.2) is 91.5 Å². The molecular weight excluding hydrogens is 712 g/mol. The van der Waals surface area contributed by atoms with Crippen LogP contribution in [0.5, 0.6) is 0 Å². The predicted octanol–water partition coefficient (Wildman–Crippen LogP) is 5.71. The van der Waals surface area contributed by atoms with Crippen molar-refractivity contribution in [3.63, 3.8) is 0 Å². The van der Waals surface area contributed by atoms with Gasteiger partial charge in [0.05, 0.1) is 48.7 Å². The van der Waals surface area contributed by atoms with Crippen molar-refractivity contribution in [2.75, 3.05) is 26.8 Å². The first-order valence-corrected chi connectivity index (χ1v) is 17.4. The number of likely N-dealkylation sites (N-methyl/N-ethyl adjacent to an activating group) is 1. The van der Waals surface area contributed by atoms with E-state index in [9.17, 15) is 18.4 Å². The summed E-state index contributed by atoms with van der Waals surface area (Å²) in [5.41, 5.74) is -0.893. The van der Waals surface area contributed by atoms with E-state index < -0.39 is 46.5 Å². The van der Waals surface area contributed by atoms with Crippen molar-refractivity contribution in [3.05, 3.63) is 137 Å². The second-order valence-electron chi connectivity index (χ2n) is 11.9. The van der Waals surface area contributed by atoms with Gasteiger partial charge in [-0.05, 0) is 50.4 Å². The molecule has 0 saturated carbocycles. The van der Waals surface area contributed by atoms with Crippen LogP contribution in [-0.2, 0) is 42.5 Å². The summed E-state index contributed by atoms with van der Waals surface area (Å²) in [5, 5.41) is 14.8. The molecule has 1 N–H and O–H groups in total. The van der Waals surface area contributed by atoms with E-state index in [1.165, 1.54) is 53.4 Å². The van der Waals surface area contributed by atoms with Gasteiger partial charge in [0.25, 0.3) is 0 Å². The van der Waals surface area contributed by atoms with Gasteiger partial charge in [0.1, 0.15) is 36.7 Å². The van der Waals surface area contributed by atoms with Gasteiger partial charge >= 0.3 is 11.9 Å². The van der Waals surface area contributed by atoms with E-state index in [1.807, 2.05) is 6.07 Å². The summed E-state index contributed by atoms with van der Waals surface area (Å²) in [6.45, 7) is 1.72. The van der Waals surface area contributed by atoms with E-state index in [2.05, 4.69) is 15.4 Å². The summed E-state index contributed by atoms with van der Waals surface area (Å²) in [7, 11) is 1.60. The lowest BCUT2D eigenvalue weighted by Gasteiger charge is -2.40. The number of aromatic nitrogens is 3. The number of thioether (sulfide) groups is 1. The lowest BCUT2D eigenvalue weighted by Crippen LogP contribution is -2.47. The van der Waals surface area contributed by atoms with Crippen LogP contribution in [-0.4, -0.2) is 70.3 Å². The first kappa shape index (κ1) is 38.9. The topological polar surface area (TPSA) is 138 Å². The fourth-order valence-corrected chi connectivity index (χ4v) is 6.91. The molecule has 1 aromatic heterocycles. The highest BCUT2D eigenvalue weighted by molar-refractivity contribution is 8.00. The molecule has 15 heteroatoms. The lowest BCUT2D eigenvalue weighted by atomic mass is 9.89. The first-order chi connectivity index (χ1) is 25.6. The fraction of sp³-hybridized carbons (Fsp3) is 0.289. The molecule has 0 amide bonds. The van der Waals surface area contributed by atoms with Crippen LogP contribution in [0.2, 0.25) is 0 Å². The van der Waals surface area contributed by atoms with Crippen LogP contribution in [0, 0.1) is 28.8 Å². The van der Waals surface area contributed by atoms with Gasteiger partial charge in [-0.3, -0.25) is 4.79 Å². The Kier molecular flexibility index (Phi) is 13.6. The number of nitrogens with one attached hydrogen (secondary N) is 1. The van der Waals surface area contributed by atoms with Crippen LogP contribution < -0.4 is 5.32 Å². The third kappa shape index (κ3) is 10.2. The molecule has 11 nitrogen and oxygen atoms in total. The molecule has 2 heterocycles. The number of benzene rings is 3. The summed E-state index contributed by atoms with van der Waals surface area (Å²) < 4.78 is 69.2. The summed E-state index contributed by atoms with van der Waals surface area (Å²) >= 11 is 1.32. The molecule has 0 unspecified atom stereocenters. The Hall–Kier alpha value is -5.27. The van der Waals surface area contributed by atoms with Crippen LogP contribution in [0.1, 0.15) is 39.5 Å². The van der Waals surface area contributed by atoms with Crippen molar-refractivity contribution in [2.45, 2.75) is 42.5 Å². The Morgan fingerprint density at radius 1 is 1.11 bits per heavy atom. The van der Waals surface area contributed by atoms with E-state index in [0.29, 0.717) is 11.1 Å². The summed E-state index contributed by atoms with van der Waals surface area (Å²) in [6.07, 6.45) is 8.45. The number of esters is 2. The predicted molar refractivity (Wildman–Crippen MR) is 189 cm³/mol. The van der Waals surface area contributed by atoms with Gasteiger partial charge in [0, 0.05) is 28.0 Å². The highest BCUT2D eigenvalue weighted by atomic mass is 32.2. The molecule has 0 aliphatic carbocycles. The van der Waals surface area contributed by atoms with Gasteiger partial charge in [0.2, 0.25) is 0 Å². The molecule has 0 spiro atoms. The molecule has 1 saturated heterocycles. The molecule has 0 bridgehead atoms. The number of carbonyl (C=O) groups excluding carboxylic acids is 2. The zero-order valence-electron chi connectivity index (χ0n) is 28.8. The summed E-state index contributed by atoms with van der Waals surface area (Å²) in [6, 6.07) is 15.5. The first-order valence-electron chi connectivity index (χ1n) is 16.4.